The first-order valence-corrected chi connectivity index (χ1v) is 8.69. The smallest absolute Gasteiger partial charge is 0.217 e. The summed E-state index contributed by atoms with van der Waals surface area (Å²) in [6.45, 7) is 1.52. The molecule has 0 radical (unpaired) electrons. The predicted octanol–water partition coefficient (Wildman–Crippen LogP) is 5.48. The molecule has 0 saturated heterocycles. The van der Waals surface area contributed by atoms with E-state index in [2.05, 4.69) is 29.0 Å². The number of carbonyl (C=O) groups excluding carboxylic acids is 1. The average Bonchev–Trinajstić information content (AvgIpc) is 2.44. The van der Waals surface area contributed by atoms with Gasteiger partial charge in [0.15, 0.2) is 0 Å². The van der Waals surface area contributed by atoms with Gasteiger partial charge in [-0.25, -0.2) is 0 Å². The van der Waals surface area contributed by atoms with E-state index < -0.39 is 0 Å². The van der Waals surface area contributed by atoms with Gasteiger partial charge in [0.1, 0.15) is 8.98 Å². The molecule has 0 aliphatic carbocycles. The number of nitrogens with one attached hydrogen (secondary N) is 1. The largest absolute Gasteiger partial charge is 0.354 e. The van der Waals surface area contributed by atoms with Gasteiger partial charge in [-0.2, -0.15) is 0 Å². The Hall–Kier alpha value is -0.770. The molecule has 23 heavy (non-hydrogen) atoms. The lowest BCUT2D eigenvalue weighted by molar-refractivity contribution is -0.119. The molecule has 0 aromatic heterocycles. The molecule has 0 aliphatic rings. The molecule has 0 unspecified atom stereocenters. The molecule has 1 N–H and O–H groups in total. The van der Waals surface area contributed by atoms with E-state index in [1.165, 1.54) is 19.1 Å². The molecule has 2 nitrogen and oxygen atoms in total. The van der Waals surface area contributed by atoms with Crippen LogP contribution in [0.4, 0.5) is 0 Å². The van der Waals surface area contributed by atoms with Crippen LogP contribution in [-0.2, 0) is 4.79 Å². The number of hydrogen-bond donors (Lipinski definition) is 1. The van der Waals surface area contributed by atoms with Crippen molar-refractivity contribution in [2.75, 3.05) is 0 Å². The van der Waals surface area contributed by atoms with Crippen LogP contribution in [0.1, 0.15) is 45.4 Å². The van der Waals surface area contributed by atoms with Crippen LogP contribution in [0, 0.1) is 23.7 Å². The molecule has 0 aromatic carbocycles. The zero-order valence-electron chi connectivity index (χ0n) is 12.9. The first-order chi connectivity index (χ1) is 10.9. The molecule has 0 saturated carbocycles. The molecule has 0 aliphatic heterocycles. The maximum Gasteiger partial charge on any atom is 0.217 e. The topological polar surface area (TPSA) is 29.1 Å². The number of rotatable bonds is 7. The van der Waals surface area contributed by atoms with E-state index in [0.717, 1.165) is 38.5 Å². The first-order valence-electron chi connectivity index (χ1n) is 7.18. The second-order valence-corrected chi connectivity index (χ2v) is 6.71. The van der Waals surface area contributed by atoms with E-state index in [0.29, 0.717) is 0 Å². The second-order valence-electron chi connectivity index (χ2n) is 4.69. The summed E-state index contributed by atoms with van der Waals surface area (Å²) in [5.41, 5.74) is 0. The third kappa shape index (κ3) is 17.4. The van der Waals surface area contributed by atoms with Crippen LogP contribution in [0.25, 0.3) is 0 Å². The molecular formula is C17H19Cl4NO. The summed E-state index contributed by atoms with van der Waals surface area (Å²) in [6, 6.07) is 0.135. The molecular weight excluding hydrogens is 376 g/mol. The highest BCUT2D eigenvalue weighted by Crippen LogP contribution is 2.09. The van der Waals surface area contributed by atoms with E-state index in [1.54, 1.807) is 0 Å². The van der Waals surface area contributed by atoms with Gasteiger partial charge in [0, 0.05) is 38.0 Å². The van der Waals surface area contributed by atoms with Crippen LogP contribution in [0.5, 0.6) is 0 Å². The van der Waals surface area contributed by atoms with Crippen molar-refractivity contribution in [2.24, 2.45) is 0 Å². The number of allylic oxidation sites excluding steroid dienone is 2. The van der Waals surface area contributed by atoms with Crippen molar-refractivity contribution in [1.29, 1.82) is 0 Å². The summed E-state index contributed by atoms with van der Waals surface area (Å²) >= 11 is 21.8. The van der Waals surface area contributed by atoms with Gasteiger partial charge in [-0.1, -0.05) is 70.1 Å². The maximum absolute atomic E-state index is 11.2. The van der Waals surface area contributed by atoms with Crippen molar-refractivity contribution in [3.8, 4) is 23.7 Å². The predicted molar refractivity (Wildman–Crippen MR) is 100 cm³/mol. The zero-order valence-corrected chi connectivity index (χ0v) is 15.9. The highest BCUT2D eigenvalue weighted by atomic mass is 35.5. The zero-order chi connectivity index (χ0) is 17.5. The lowest BCUT2D eigenvalue weighted by Gasteiger charge is -2.16. The Morgan fingerprint density at radius 1 is 0.957 bits per heavy atom. The Bertz CT molecular complexity index is 496. The molecule has 0 aromatic rings. The Morgan fingerprint density at radius 3 is 1.74 bits per heavy atom. The molecule has 0 fully saturated rings. The fourth-order valence-corrected chi connectivity index (χ4v) is 2.02. The quantitative estimate of drug-likeness (QED) is 0.449. The lowest BCUT2D eigenvalue weighted by Crippen LogP contribution is -2.32. The van der Waals surface area contributed by atoms with Gasteiger partial charge in [0.05, 0.1) is 0 Å². The monoisotopic (exact) mass is 393 g/mol. The Balaban J connectivity index is 4.12. The third-order valence-electron chi connectivity index (χ3n) is 2.68. The summed E-state index contributed by atoms with van der Waals surface area (Å²) in [4.78, 5) is 11.2. The summed E-state index contributed by atoms with van der Waals surface area (Å²) in [5.74, 6) is 11.4. The maximum atomic E-state index is 11.2. The molecule has 0 spiro atoms. The van der Waals surface area contributed by atoms with Gasteiger partial charge in [-0.15, -0.1) is 0 Å². The second kappa shape index (κ2) is 14.8. The Kier molecular flexibility index (Phi) is 14.3. The Morgan fingerprint density at radius 2 is 1.39 bits per heavy atom. The minimum absolute atomic E-state index is 0.0270. The molecule has 0 heterocycles. The molecule has 6 heteroatoms. The molecule has 1 amide bonds. The van der Waals surface area contributed by atoms with Crippen LogP contribution in [0.3, 0.4) is 0 Å². The van der Waals surface area contributed by atoms with E-state index in [4.69, 9.17) is 46.4 Å². The van der Waals surface area contributed by atoms with Crippen molar-refractivity contribution < 1.29 is 4.79 Å². The minimum atomic E-state index is -0.0270. The fraction of sp³-hybridized carbons (Fsp3) is 0.471. The molecule has 0 rings (SSSR count). The van der Waals surface area contributed by atoms with Crippen molar-refractivity contribution in [2.45, 2.75) is 51.5 Å². The van der Waals surface area contributed by atoms with E-state index in [-0.39, 0.29) is 20.9 Å². The highest BCUT2D eigenvalue weighted by Gasteiger charge is 2.08. The van der Waals surface area contributed by atoms with Crippen molar-refractivity contribution in [3.63, 3.8) is 0 Å². The van der Waals surface area contributed by atoms with E-state index in [9.17, 15) is 4.79 Å². The molecule has 0 bridgehead atoms. The van der Waals surface area contributed by atoms with Crippen molar-refractivity contribution in [3.05, 3.63) is 21.1 Å². The van der Waals surface area contributed by atoms with Crippen LogP contribution < -0.4 is 5.32 Å². The van der Waals surface area contributed by atoms with Crippen LogP contribution in [0.15, 0.2) is 21.1 Å². The van der Waals surface area contributed by atoms with Crippen LogP contribution in [-0.4, -0.2) is 11.9 Å². The normalized spacial score (nSPS) is 9.13. The van der Waals surface area contributed by atoms with Crippen molar-refractivity contribution in [1.82, 2.24) is 5.32 Å². The minimum Gasteiger partial charge on any atom is -0.354 e. The van der Waals surface area contributed by atoms with Gasteiger partial charge >= 0.3 is 0 Å². The summed E-state index contributed by atoms with van der Waals surface area (Å²) < 4.78 is 0.306. The fourth-order valence-electron chi connectivity index (χ4n) is 1.81. The molecule has 126 valence electrons. The average molecular weight is 395 g/mol. The summed E-state index contributed by atoms with van der Waals surface area (Å²) in [6.07, 6.45) is 7.88. The van der Waals surface area contributed by atoms with Crippen molar-refractivity contribution >= 4 is 52.3 Å². The molecule has 0 atom stereocenters. The van der Waals surface area contributed by atoms with E-state index in [1.807, 2.05) is 0 Å². The van der Waals surface area contributed by atoms with Gasteiger partial charge in [0.2, 0.25) is 5.91 Å². The van der Waals surface area contributed by atoms with E-state index >= 15 is 0 Å². The number of unbranched alkanes of at least 4 members (excludes halogenated alkanes) is 2. The first kappa shape index (κ1) is 22.2. The lowest BCUT2D eigenvalue weighted by atomic mass is 10.0. The third-order valence-corrected chi connectivity index (χ3v) is 3.12. The Labute approximate surface area is 158 Å². The summed E-state index contributed by atoms with van der Waals surface area (Å²) in [7, 11) is 0. The van der Waals surface area contributed by atoms with Gasteiger partial charge in [-0.3, -0.25) is 4.79 Å². The SMILES string of the molecule is CC(=O)NC(CCCC#CC=C(Cl)Cl)CCCC#CC=C(Cl)Cl. The van der Waals surface area contributed by atoms with Gasteiger partial charge in [-0.05, 0) is 25.7 Å². The number of carbonyl (C=O) groups is 1. The highest BCUT2D eigenvalue weighted by molar-refractivity contribution is 6.56. The van der Waals surface area contributed by atoms with Crippen LogP contribution in [0.2, 0.25) is 0 Å². The van der Waals surface area contributed by atoms with Crippen LogP contribution >= 0.6 is 46.4 Å². The number of halogens is 4. The van der Waals surface area contributed by atoms with Gasteiger partial charge < -0.3 is 5.32 Å². The summed E-state index contributed by atoms with van der Waals surface area (Å²) in [5, 5.41) is 2.95. The number of hydrogen-bond acceptors (Lipinski definition) is 1. The number of amides is 1. The standard InChI is InChI=1S/C17H19Cl4NO/c1-14(23)22-15(10-6-2-4-8-12-16(18)19)11-7-3-5-9-13-17(20)21/h12-13,15H,2-3,6-7,10-11H2,1H3,(H,22,23). The van der Waals surface area contributed by atoms with Gasteiger partial charge in [0.25, 0.3) is 0 Å².